The van der Waals surface area contributed by atoms with Gasteiger partial charge in [0.1, 0.15) is 22.9 Å². The van der Waals surface area contributed by atoms with Gasteiger partial charge in [-0.3, -0.25) is 14.5 Å². The molecule has 0 saturated carbocycles. The number of halogens is 4. The van der Waals surface area contributed by atoms with Crippen molar-refractivity contribution in [1.29, 1.82) is 0 Å². The number of nitrogens with one attached hydrogen (secondary N) is 1. The number of carbonyl (C=O) groups excluding carboxylic acids is 2. The van der Waals surface area contributed by atoms with Crippen molar-refractivity contribution in [3.63, 3.8) is 0 Å². The number of hydrogen-bond acceptors (Lipinski definition) is 7. The van der Waals surface area contributed by atoms with E-state index in [1.807, 2.05) is 23.1 Å². The molecule has 3 heterocycles. The largest absolute Gasteiger partial charge is 0.468 e. The molecular weight excluding hydrogens is 542 g/mol. The second-order valence-electron chi connectivity index (χ2n) is 10.4. The van der Waals surface area contributed by atoms with E-state index in [0.717, 1.165) is 0 Å². The van der Waals surface area contributed by atoms with Crippen LogP contribution < -0.4 is 10.2 Å². The van der Waals surface area contributed by atoms with Gasteiger partial charge in [0.15, 0.2) is 0 Å². The number of rotatable bonds is 6. The summed E-state index contributed by atoms with van der Waals surface area (Å²) in [6.07, 6.45) is -4.46. The van der Waals surface area contributed by atoms with Crippen molar-refractivity contribution in [3.05, 3.63) is 82.6 Å². The van der Waals surface area contributed by atoms with Crippen LogP contribution in [-0.2, 0) is 32.5 Å². The third kappa shape index (κ3) is 5.23. The number of aromatic nitrogens is 2. The molecule has 1 N–H and O–H groups in total. The van der Waals surface area contributed by atoms with E-state index in [-0.39, 0.29) is 31.1 Å². The highest BCUT2D eigenvalue weighted by Gasteiger charge is 2.54. The van der Waals surface area contributed by atoms with Crippen LogP contribution in [-0.4, -0.2) is 53.5 Å². The predicted octanol–water partition coefficient (Wildman–Crippen LogP) is 4.78. The van der Waals surface area contributed by atoms with Crippen molar-refractivity contribution in [1.82, 2.24) is 14.9 Å². The van der Waals surface area contributed by atoms with Crippen LogP contribution >= 0.6 is 0 Å². The van der Waals surface area contributed by atoms with Crippen molar-refractivity contribution in [2.45, 2.75) is 44.4 Å². The van der Waals surface area contributed by atoms with Gasteiger partial charge in [-0.2, -0.15) is 13.2 Å². The number of esters is 1. The molecule has 1 fully saturated rings. The molecule has 2 aliphatic heterocycles. The lowest BCUT2D eigenvalue weighted by Gasteiger charge is -2.41. The molecule has 2 aromatic carbocycles. The van der Waals surface area contributed by atoms with Crippen LogP contribution in [0.4, 0.5) is 29.1 Å². The smallest absolute Gasteiger partial charge is 0.419 e. The third-order valence-electron chi connectivity index (χ3n) is 7.69. The molecule has 3 aromatic rings. The number of hydrogen-bond donors (Lipinski definition) is 1. The SMILES string of the molecule is COC(=O)CN1CCC2(C1)C(=O)N(c1ccccc1)Cc1c(N[C@H](C)c3cccc(C(F)(F)F)c3F)nc(C)nc12. The molecule has 0 aliphatic carbocycles. The Morgan fingerprint density at radius 1 is 1.15 bits per heavy atom. The zero-order valence-electron chi connectivity index (χ0n) is 22.8. The molecule has 5 rings (SSSR count). The van der Waals surface area contributed by atoms with E-state index in [2.05, 4.69) is 10.3 Å². The van der Waals surface area contributed by atoms with Gasteiger partial charge in [0.2, 0.25) is 5.91 Å². The van der Waals surface area contributed by atoms with Crippen molar-refractivity contribution in [2.24, 2.45) is 0 Å². The number of benzene rings is 2. The third-order valence-corrected chi connectivity index (χ3v) is 7.69. The van der Waals surface area contributed by atoms with Crippen molar-refractivity contribution < 1.29 is 31.9 Å². The molecule has 1 saturated heterocycles. The van der Waals surface area contributed by atoms with Crippen LogP contribution in [0, 0.1) is 12.7 Å². The summed E-state index contributed by atoms with van der Waals surface area (Å²) in [6.45, 7) is 3.97. The van der Waals surface area contributed by atoms with Crippen molar-refractivity contribution in [2.75, 3.05) is 37.0 Å². The molecule has 1 aromatic heterocycles. The minimum Gasteiger partial charge on any atom is -0.468 e. The molecular formula is C29H29F4N5O3. The van der Waals surface area contributed by atoms with Crippen molar-refractivity contribution in [3.8, 4) is 0 Å². The van der Waals surface area contributed by atoms with E-state index in [0.29, 0.717) is 47.6 Å². The lowest BCUT2D eigenvalue weighted by Crippen LogP contribution is -2.53. The lowest BCUT2D eigenvalue weighted by atomic mass is 9.76. The molecule has 41 heavy (non-hydrogen) atoms. The molecule has 0 bridgehead atoms. The molecule has 0 radical (unpaired) electrons. The second kappa shape index (κ2) is 10.7. The molecule has 12 heteroatoms. The number of likely N-dealkylation sites (tertiary alicyclic amines) is 1. The van der Waals surface area contributed by atoms with E-state index < -0.39 is 35.0 Å². The normalized spacial score (nSPS) is 19.8. The zero-order valence-corrected chi connectivity index (χ0v) is 22.8. The zero-order chi connectivity index (χ0) is 29.5. The van der Waals surface area contributed by atoms with Gasteiger partial charge in [-0.15, -0.1) is 0 Å². The summed E-state index contributed by atoms with van der Waals surface area (Å²) in [5.41, 5.74) is -0.895. The number of carbonyl (C=O) groups is 2. The minimum atomic E-state index is -4.84. The van der Waals surface area contributed by atoms with Gasteiger partial charge >= 0.3 is 12.1 Å². The van der Waals surface area contributed by atoms with Gasteiger partial charge in [-0.05, 0) is 38.5 Å². The van der Waals surface area contributed by atoms with Gasteiger partial charge in [0, 0.05) is 29.9 Å². The van der Waals surface area contributed by atoms with Gasteiger partial charge in [-0.25, -0.2) is 14.4 Å². The Hall–Kier alpha value is -4.06. The average molecular weight is 572 g/mol. The van der Waals surface area contributed by atoms with Gasteiger partial charge in [-0.1, -0.05) is 30.3 Å². The number of para-hydroxylation sites is 1. The highest BCUT2D eigenvalue weighted by molar-refractivity contribution is 6.03. The van der Waals surface area contributed by atoms with Crippen LogP contribution in [0.25, 0.3) is 0 Å². The standard InChI is InChI=1S/C29H29F4N5O3/c1-17(20-10-7-11-22(24(20)30)29(31,32)33)34-26-21-14-38(19-8-5-4-6-9-19)27(40)28(25(21)35-18(2)36-26)12-13-37(16-28)15-23(39)41-3/h4-11,17H,12-16H2,1-3H3,(H,34,35,36)/t17-,28?/m1/s1. The predicted molar refractivity (Wildman–Crippen MR) is 143 cm³/mol. The summed E-state index contributed by atoms with van der Waals surface area (Å²) in [5, 5.41) is 3.11. The van der Waals surface area contributed by atoms with E-state index in [1.165, 1.54) is 19.2 Å². The van der Waals surface area contributed by atoms with Gasteiger partial charge in [0.05, 0.1) is 37.5 Å². The quantitative estimate of drug-likeness (QED) is 0.337. The first-order chi connectivity index (χ1) is 19.4. The van der Waals surface area contributed by atoms with Crippen LogP contribution in [0.15, 0.2) is 48.5 Å². The van der Waals surface area contributed by atoms with Crippen LogP contribution in [0.1, 0.15) is 47.6 Å². The number of aryl methyl sites for hydroxylation is 1. The monoisotopic (exact) mass is 571 g/mol. The van der Waals surface area contributed by atoms with Crippen LogP contribution in [0.2, 0.25) is 0 Å². The number of amides is 1. The summed E-state index contributed by atoms with van der Waals surface area (Å²) in [4.78, 5) is 39.0. The fourth-order valence-electron chi connectivity index (χ4n) is 5.69. The number of methoxy groups -OCH3 is 1. The maximum absolute atomic E-state index is 15.0. The molecule has 1 unspecified atom stereocenters. The number of alkyl halides is 3. The van der Waals surface area contributed by atoms with E-state index in [4.69, 9.17) is 9.72 Å². The molecule has 2 aliphatic rings. The highest BCUT2D eigenvalue weighted by Crippen LogP contribution is 2.45. The van der Waals surface area contributed by atoms with Crippen LogP contribution in [0.3, 0.4) is 0 Å². The van der Waals surface area contributed by atoms with E-state index in [1.54, 1.807) is 30.9 Å². The Kier molecular flexibility index (Phi) is 7.45. The Morgan fingerprint density at radius 2 is 1.88 bits per heavy atom. The fraction of sp³-hybridized carbons (Fsp3) is 0.379. The summed E-state index contributed by atoms with van der Waals surface area (Å²) in [7, 11) is 1.30. The molecule has 1 spiro atoms. The fourth-order valence-corrected chi connectivity index (χ4v) is 5.69. The van der Waals surface area contributed by atoms with Crippen LogP contribution in [0.5, 0.6) is 0 Å². The Bertz CT molecular complexity index is 1480. The van der Waals surface area contributed by atoms with E-state index >= 15 is 4.39 Å². The Labute approximate surface area is 234 Å². The Morgan fingerprint density at radius 3 is 2.56 bits per heavy atom. The number of fused-ring (bicyclic) bond motifs is 2. The highest BCUT2D eigenvalue weighted by atomic mass is 19.4. The van der Waals surface area contributed by atoms with E-state index in [9.17, 15) is 22.8 Å². The molecule has 2 atom stereocenters. The summed E-state index contributed by atoms with van der Waals surface area (Å²) < 4.78 is 60.0. The summed E-state index contributed by atoms with van der Waals surface area (Å²) >= 11 is 0. The number of nitrogens with zero attached hydrogens (tertiary/aromatic N) is 4. The average Bonchev–Trinajstić information content (AvgIpc) is 3.35. The minimum absolute atomic E-state index is 0.00717. The molecule has 8 nitrogen and oxygen atoms in total. The Balaban J connectivity index is 1.59. The molecule has 1 amide bonds. The van der Waals surface area contributed by atoms with Gasteiger partial charge in [0.25, 0.3) is 0 Å². The molecule has 216 valence electrons. The summed E-state index contributed by atoms with van der Waals surface area (Å²) in [5.74, 6) is -1.31. The van der Waals surface area contributed by atoms with Gasteiger partial charge < -0.3 is 15.0 Å². The first kappa shape index (κ1) is 28.5. The first-order valence-corrected chi connectivity index (χ1v) is 13.1. The summed E-state index contributed by atoms with van der Waals surface area (Å²) in [6, 6.07) is 11.3. The topological polar surface area (TPSA) is 87.7 Å². The number of ether oxygens (including phenoxy) is 1. The van der Waals surface area contributed by atoms with Crippen molar-refractivity contribution >= 4 is 23.4 Å². The lowest BCUT2D eigenvalue weighted by molar-refractivity contribution is -0.142. The second-order valence-corrected chi connectivity index (χ2v) is 10.4. The number of anilines is 2. The maximum Gasteiger partial charge on any atom is 0.419 e. The first-order valence-electron chi connectivity index (χ1n) is 13.1. The maximum atomic E-state index is 15.0.